The number of unbranched alkanes of at least 4 members (excludes halogenated alkanes) is 1. The largest absolute Gasteiger partial charge is 0.468 e. The molecule has 160 valence electrons. The van der Waals surface area contributed by atoms with Crippen molar-refractivity contribution in [2.24, 2.45) is 5.73 Å². The summed E-state index contributed by atoms with van der Waals surface area (Å²) >= 11 is 0. The number of nitrogens with two attached hydrogens (primary N) is 1. The molecular formula is C20H27ClN2O4S2. The third kappa shape index (κ3) is 6.84. The Morgan fingerprint density at radius 2 is 2.17 bits per heavy atom. The molecule has 0 radical (unpaired) electrons. The second-order valence-electron chi connectivity index (χ2n) is 6.90. The minimum Gasteiger partial charge on any atom is -0.468 e. The Balaban J connectivity index is 0.00000300. The molecule has 3 rings (SSSR count). The van der Waals surface area contributed by atoms with E-state index in [0.717, 1.165) is 34.6 Å². The van der Waals surface area contributed by atoms with E-state index >= 15 is 0 Å². The van der Waals surface area contributed by atoms with Gasteiger partial charge in [0.2, 0.25) is 0 Å². The van der Waals surface area contributed by atoms with Crippen molar-refractivity contribution in [3.8, 4) is 5.75 Å². The number of benzene rings is 1. The molecule has 3 N–H and O–H groups in total. The van der Waals surface area contributed by atoms with Crippen molar-refractivity contribution < 1.29 is 19.1 Å². The number of carbonyl (C=O) groups excluding carboxylic acids is 2. The van der Waals surface area contributed by atoms with Gasteiger partial charge in [0.1, 0.15) is 11.8 Å². The number of aromatic amines is 1. The van der Waals surface area contributed by atoms with E-state index in [1.54, 1.807) is 6.07 Å². The van der Waals surface area contributed by atoms with Crippen LogP contribution >= 0.6 is 34.0 Å². The summed E-state index contributed by atoms with van der Waals surface area (Å²) in [6.45, 7) is 0. The van der Waals surface area contributed by atoms with Gasteiger partial charge in [0, 0.05) is 40.9 Å². The Bertz CT molecular complexity index is 824. The number of hydrogen-bond donors (Lipinski definition) is 2. The van der Waals surface area contributed by atoms with Crippen molar-refractivity contribution in [1.82, 2.24) is 4.98 Å². The fourth-order valence-corrected chi connectivity index (χ4v) is 6.28. The number of aromatic nitrogens is 1. The molecule has 2 aromatic rings. The van der Waals surface area contributed by atoms with Crippen LogP contribution in [0.1, 0.15) is 37.7 Å². The lowest BCUT2D eigenvalue weighted by atomic mass is 10.1. The van der Waals surface area contributed by atoms with Crippen LogP contribution < -0.4 is 10.5 Å². The summed E-state index contributed by atoms with van der Waals surface area (Å²) in [6.07, 6.45) is 6.95. The molecule has 1 aliphatic rings. The number of carbonyl (C=O) groups is 2. The van der Waals surface area contributed by atoms with Crippen molar-refractivity contribution in [1.29, 1.82) is 0 Å². The Morgan fingerprint density at radius 1 is 1.34 bits per heavy atom. The van der Waals surface area contributed by atoms with Gasteiger partial charge in [-0.15, -0.1) is 12.4 Å². The monoisotopic (exact) mass is 458 g/mol. The number of esters is 2. The van der Waals surface area contributed by atoms with Gasteiger partial charge in [0.25, 0.3) is 0 Å². The van der Waals surface area contributed by atoms with Gasteiger partial charge in [-0.3, -0.25) is 9.59 Å². The third-order valence-corrected chi connectivity index (χ3v) is 7.81. The molecule has 29 heavy (non-hydrogen) atoms. The van der Waals surface area contributed by atoms with Gasteiger partial charge in [-0.05, 0) is 43.0 Å². The molecule has 2 heterocycles. The number of halogens is 1. The van der Waals surface area contributed by atoms with Crippen LogP contribution in [0.5, 0.6) is 5.75 Å². The smallest absolute Gasteiger partial charge is 0.322 e. The molecule has 1 fully saturated rings. The van der Waals surface area contributed by atoms with E-state index in [-0.39, 0.29) is 18.4 Å². The minimum absolute atomic E-state index is 0. The summed E-state index contributed by atoms with van der Waals surface area (Å²) in [5, 5.41) is 1.63. The zero-order valence-electron chi connectivity index (χ0n) is 16.3. The summed E-state index contributed by atoms with van der Waals surface area (Å²) < 4.78 is 10.2. The zero-order chi connectivity index (χ0) is 19.9. The van der Waals surface area contributed by atoms with Gasteiger partial charge in [0.15, 0.2) is 0 Å². The number of rotatable bonds is 9. The van der Waals surface area contributed by atoms with Crippen LogP contribution in [0.25, 0.3) is 10.9 Å². The zero-order valence-corrected chi connectivity index (χ0v) is 18.8. The van der Waals surface area contributed by atoms with Crippen LogP contribution in [0.2, 0.25) is 0 Å². The first-order chi connectivity index (χ1) is 13.6. The molecule has 2 unspecified atom stereocenters. The van der Waals surface area contributed by atoms with E-state index in [2.05, 4.69) is 9.72 Å². The molecule has 0 saturated carbocycles. The van der Waals surface area contributed by atoms with Gasteiger partial charge >= 0.3 is 11.9 Å². The van der Waals surface area contributed by atoms with Crippen molar-refractivity contribution in [2.75, 3.05) is 12.9 Å². The first-order valence-electron chi connectivity index (χ1n) is 9.49. The molecule has 0 amide bonds. The third-order valence-electron chi connectivity index (χ3n) is 4.80. The summed E-state index contributed by atoms with van der Waals surface area (Å²) in [6, 6.07) is 4.72. The summed E-state index contributed by atoms with van der Waals surface area (Å²) in [5.74, 6) is 1.08. The summed E-state index contributed by atoms with van der Waals surface area (Å²) in [5.41, 5.74) is 7.65. The molecule has 1 aliphatic heterocycles. The van der Waals surface area contributed by atoms with E-state index in [0.29, 0.717) is 18.6 Å². The summed E-state index contributed by atoms with van der Waals surface area (Å²) in [7, 11) is 5.24. The number of ether oxygens (including phenoxy) is 2. The van der Waals surface area contributed by atoms with Gasteiger partial charge in [-0.25, -0.2) is 0 Å². The van der Waals surface area contributed by atoms with Crippen molar-refractivity contribution in [2.45, 2.75) is 49.8 Å². The maximum Gasteiger partial charge on any atom is 0.322 e. The second-order valence-corrected chi connectivity index (χ2v) is 9.69. The highest BCUT2D eigenvalue weighted by Gasteiger charge is 2.18. The van der Waals surface area contributed by atoms with Gasteiger partial charge < -0.3 is 20.2 Å². The maximum atomic E-state index is 12.2. The highest BCUT2D eigenvalue weighted by Crippen LogP contribution is 2.39. The average Bonchev–Trinajstić information content (AvgIpc) is 3.35. The highest BCUT2D eigenvalue weighted by molar-refractivity contribution is 8.77. The standard InChI is InChI=1S/C20H26N2O4S2.ClH/c1-25-20(24)17(21)10-13-12-22-18-7-6-14(11-16(13)18)26-19(23)5-3-2-4-15-8-9-27-28-15;/h6-7,11-12,15,17,22H,2-5,8-10,21H2,1H3;1H. The fraction of sp³-hybridized carbons (Fsp3) is 0.500. The SMILES string of the molecule is COC(=O)C(N)Cc1c[nH]c2ccc(OC(=O)CCCCC3CCSS3)cc12.Cl. The van der Waals surface area contributed by atoms with Crippen LogP contribution in [0.4, 0.5) is 0 Å². The van der Waals surface area contributed by atoms with E-state index in [9.17, 15) is 9.59 Å². The molecule has 2 atom stereocenters. The molecule has 0 aliphatic carbocycles. The fourth-order valence-electron chi connectivity index (χ4n) is 3.25. The normalized spacial score (nSPS) is 17.0. The molecule has 1 aromatic heterocycles. The lowest BCUT2D eigenvalue weighted by molar-refractivity contribution is -0.142. The highest BCUT2D eigenvalue weighted by atomic mass is 35.5. The Labute approximate surface area is 184 Å². The molecule has 9 heteroatoms. The first-order valence-corrected chi connectivity index (χ1v) is 11.9. The first kappa shape index (κ1) is 23.9. The van der Waals surface area contributed by atoms with Crippen molar-refractivity contribution >= 4 is 56.8 Å². The van der Waals surface area contributed by atoms with Crippen LogP contribution in [0.15, 0.2) is 24.4 Å². The number of methoxy groups -OCH3 is 1. The number of H-pyrrole nitrogens is 1. The number of nitrogens with one attached hydrogen (secondary N) is 1. The van der Waals surface area contributed by atoms with E-state index < -0.39 is 12.0 Å². The van der Waals surface area contributed by atoms with Crippen molar-refractivity contribution in [3.05, 3.63) is 30.0 Å². The van der Waals surface area contributed by atoms with Crippen LogP contribution in [-0.2, 0) is 20.7 Å². The van der Waals surface area contributed by atoms with Crippen LogP contribution in [0.3, 0.4) is 0 Å². The Morgan fingerprint density at radius 3 is 2.90 bits per heavy atom. The van der Waals surface area contributed by atoms with Crippen LogP contribution in [0, 0.1) is 0 Å². The van der Waals surface area contributed by atoms with Gasteiger partial charge in [0.05, 0.1) is 7.11 Å². The summed E-state index contributed by atoms with van der Waals surface area (Å²) in [4.78, 5) is 26.9. The molecule has 1 saturated heterocycles. The quantitative estimate of drug-likeness (QED) is 0.251. The Kier molecular flexibility index (Phi) is 9.68. The topological polar surface area (TPSA) is 94.4 Å². The molecule has 0 spiro atoms. The second kappa shape index (κ2) is 11.7. The lowest BCUT2D eigenvalue weighted by Gasteiger charge is -2.09. The molecule has 6 nitrogen and oxygen atoms in total. The Hall–Kier alpha value is -1.35. The molecule has 1 aromatic carbocycles. The van der Waals surface area contributed by atoms with E-state index in [4.69, 9.17) is 10.5 Å². The lowest BCUT2D eigenvalue weighted by Crippen LogP contribution is -2.33. The predicted molar refractivity (Wildman–Crippen MR) is 122 cm³/mol. The number of fused-ring (bicyclic) bond motifs is 1. The molecule has 0 bridgehead atoms. The van der Waals surface area contributed by atoms with E-state index in [1.807, 2.05) is 39.9 Å². The maximum absolute atomic E-state index is 12.2. The molecular weight excluding hydrogens is 432 g/mol. The van der Waals surface area contributed by atoms with Crippen molar-refractivity contribution in [3.63, 3.8) is 0 Å². The van der Waals surface area contributed by atoms with Crippen LogP contribution in [-0.4, -0.2) is 41.1 Å². The number of hydrogen-bond acceptors (Lipinski definition) is 7. The van der Waals surface area contributed by atoms with Gasteiger partial charge in [-0.2, -0.15) is 0 Å². The van der Waals surface area contributed by atoms with E-state index in [1.165, 1.54) is 25.7 Å². The predicted octanol–water partition coefficient (Wildman–Crippen LogP) is 4.25. The average molecular weight is 459 g/mol. The van der Waals surface area contributed by atoms with Gasteiger partial charge in [-0.1, -0.05) is 28.0 Å². The minimum atomic E-state index is -0.730.